The Morgan fingerprint density at radius 2 is 1.88 bits per heavy atom. The molecule has 1 aliphatic rings. The molecule has 1 amide bonds. The number of nitrogens with zero attached hydrogens (tertiary/aromatic N) is 5. The van der Waals surface area contributed by atoms with E-state index in [1.807, 2.05) is 18.2 Å². The van der Waals surface area contributed by atoms with Gasteiger partial charge in [-0.05, 0) is 105 Å². The van der Waals surface area contributed by atoms with Gasteiger partial charge in [0.25, 0.3) is 0 Å². The number of carbonyl (C=O) groups is 1. The van der Waals surface area contributed by atoms with Crippen molar-refractivity contribution in [1.82, 2.24) is 25.0 Å². The molecular weight excluding hydrogens is 625 g/mol. The average molecular weight is 666 g/mol. The molecule has 5 aromatic rings. The summed E-state index contributed by atoms with van der Waals surface area (Å²) in [5, 5.41) is 9.70. The lowest BCUT2D eigenvalue weighted by Crippen LogP contribution is -2.34. The van der Waals surface area contributed by atoms with E-state index in [0.29, 0.717) is 29.9 Å². The molecule has 1 atom stereocenters. The topological polar surface area (TPSA) is 128 Å². The molecule has 0 spiro atoms. The normalized spacial score (nSPS) is 14.8. The van der Waals surface area contributed by atoms with Crippen LogP contribution in [0.1, 0.15) is 41.0 Å². The minimum Gasteiger partial charge on any atom is -0.490 e. The Balaban J connectivity index is 1.10. The van der Waals surface area contributed by atoms with Crippen molar-refractivity contribution in [2.75, 3.05) is 37.4 Å². The molecule has 0 saturated carbocycles. The fraction of sp³-hybridized carbons (Fsp3) is 0.324. The van der Waals surface area contributed by atoms with E-state index in [-0.39, 0.29) is 24.1 Å². The third-order valence-corrected chi connectivity index (χ3v) is 8.87. The van der Waals surface area contributed by atoms with Crippen LogP contribution in [0.2, 0.25) is 0 Å². The summed E-state index contributed by atoms with van der Waals surface area (Å²) in [6.07, 6.45) is 2.98. The number of benzene rings is 3. The van der Waals surface area contributed by atoms with Crippen LogP contribution >= 0.6 is 0 Å². The van der Waals surface area contributed by atoms with Crippen molar-refractivity contribution in [3.63, 3.8) is 0 Å². The summed E-state index contributed by atoms with van der Waals surface area (Å²) in [5.41, 5.74) is 7.45. The maximum atomic E-state index is 14.9. The summed E-state index contributed by atoms with van der Waals surface area (Å²) < 4.78 is 31.5. The van der Waals surface area contributed by atoms with Crippen LogP contribution in [0.4, 0.5) is 26.6 Å². The number of aryl methyl sites for hydroxylation is 2. The van der Waals surface area contributed by atoms with E-state index < -0.39 is 11.9 Å². The molecule has 0 radical (unpaired) electrons. The number of hydrogen-bond donors (Lipinski definition) is 2. The van der Waals surface area contributed by atoms with Gasteiger partial charge in [-0.3, -0.25) is 5.32 Å². The minimum absolute atomic E-state index is 0.000414. The second-order valence-corrected chi connectivity index (χ2v) is 12.5. The molecule has 1 fully saturated rings. The zero-order valence-corrected chi connectivity index (χ0v) is 28.3. The summed E-state index contributed by atoms with van der Waals surface area (Å²) in [6.45, 7) is 10.5. The number of halogens is 1. The van der Waals surface area contributed by atoms with Gasteiger partial charge in [0.1, 0.15) is 12.4 Å². The monoisotopic (exact) mass is 665 g/mol. The maximum absolute atomic E-state index is 14.9. The molecule has 49 heavy (non-hydrogen) atoms. The Hall–Kier alpha value is -5.36. The van der Waals surface area contributed by atoms with Gasteiger partial charge >= 0.3 is 6.09 Å². The second kappa shape index (κ2) is 14.8. The Bertz CT molecular complexity index is 1960. The highest BCUT2D eigenvalue weighted by Gasteiger charge is 2.19. The fourth-order valence-electron chi connectivity index (χ4n) is 5.97. The highest BCUT2D eigenvalue weighted by molar-refractivity contribution is 5.84. The molecule has 0 bridgehead atoms. The third-order valence-electron chi connectivity index (χ3n) is 8.87. The standard InChI is InChI=1S/C37H40FN7O4/c1-22-8-12-30(24(3)23(22)2)31-17-27(35-40-25(4)49-44-35)9-10-28(31)21-48-37(46)43-34-14-15-39-36(42-34)41-29-11-13-33(32(38)18-29)47-20-26-7-6-16-45(5)19-26/h8-15,17-18,26H,6-7,16,19-21H2,1-5H3,(H2,39,41,42,43,46). The number of amides is 1. The number of aromatic nitrogens is 4. The van der Waals surface area contributed by atoms with Crippen molar-refractivity contribution in [1.29, 1.82) is 0 Å². The molecule has 3 aromatic carbocycles. The number of anilines is 3. The van der Waals surface area contributed by atoms with Gasteiger partial charge in [-0.25, -0.2) is 14.2 Å². The van der Waals surface area contributed by atoms with Crippen molar-refractivity contribution in [2.24, 2.45) is 5.92 Å². The quantitative estimate of drug-likeness (QED) is 0.153. The molecule has 1 aliphatic heterocycles. The fourth-order valence-corrected chi connectivity index (χ4v) is 5.97. The molecule has 254 valence electrons. The predicted molar refractivity (Wildman–Crippen MR) is 185 cm³/mol. The summed E-state index contributed by atoms with van der Waals surface area (Å²) in [4.78, 5) is 28.1. The molecule has 11 nitrogen and oxygen atoms in total. The molecule has 3 heterocycles. The first-order valence-electron chi connectivity index (χ1n) is 16.3. The number of rotatable bonds is 10. The molecule has 1 unspecified atom stereocenters. The Morgan fingerprint density at radius 3 is 2.65 bits per heavy atom. The van der Waals surface area contributed by atoms with Crippen LogP contribution in [0.5, 0.6) is 5.75 Å². The summed E-state index contributed by atoms with van der Waals surface area (Å²) >= 11 is 0. The summed E-state index contributed by atoms with van der Waals surface area (Å²) in [6, 6.07) is 16.1. The van der Waals surface area contributed by atoms with Gasteiger partial charge in [-0.2, -0.15) is 9.97 Å². The van der Waals surface area contributed by atoms with E-state index in [2.05, 4.69) is 75.6 Å². The number of likely N-dealkylation sites (tertiary alicyclic amines) is 1. The molecule has 2 N–H and O–H groups in total. The lowest BCUT2D eigenvalue weighted by Gasteiger charge is -2.29. The molecule has 2 aromatic heterocycles. The van der Waals surface area contributed by atoms with E-state index in [4.69, 9.17) is 14.0 Å². The first-order chi connectivity index (χ1) is 23.6. The van der Waals surface area contributed by atoms with Gasteiger partial charge in [-0.1, -0.05) is 29.4 Å². The van der Waals surface area contributed by atoms with E-state index in [0.717, 1.165) is 53.7 Å². The zero-order valence-electron chi connectivity index (χ0n) is 28.3. The highest BCUT2D eigenvalue weighted by atomic mass is 19.1. The zero-order chi connectivity index (χ0) is 34.5. The number of hydrogen-bond acceptors (Lipinski definition) is 10. The lowest BCUT2D eigenvalue weighted by molar-refractivity contribution is 0.147. The first kappa shape index (κ1) is 33.5. The lowest BCUT2D eigenvalue weighted by atomic mass is 9.90. The SMILES string of the molecule is Cc1nc(-c2ccc(COC(=O)Nc3ccnc(Nc4ccc(OCC5CCCN(C)C5)c(F)c4)n3)c(-c3ccc(C)c(C)c3C)c2)no1. The van der Waals surface area contributed by atoms with Crippen LogP contribution in [0.15, 0.2) is 65.3 Å². The van der Waals surface area contributed by atoms with Crippen molar-refractivity contribution in [2.45, 2.75) is 47.1 Å². The Morgan fingerprint density at radius 1 is 1.02 bits per heavy atom. The van der Waals surface area contributed by atoms with Crippen molar-refractivity contribution in [3.05, 3.63) is 94.8 Å². The van der Waals surface area contributed by atoms with Crippen LogP contribution in [0.3, 0.4) is 0 Å². The van der Waals surface area contributed by atoms with Crippen LogP contribution in [-0.2, 0) is 11.3 Å². The number of nitrogens with one attached hydrogen (secondary N) is 2. The van der Waals surface area contributed by atoms with Gasteiger partial charge in [-0.15, -0.1) is 0 Å². The predicted octanol–water partition coefficient (Wildman–Crippen LogP) is 7.78. The smallest absolute Gasteiger partial charge is 0.413 e. The molecule has 6 rings (SSSR count). The number of ether oxygens (including phenoxy) is 2. The largest absolute Gasteiger partial charge is 0.490 e. The van der Waals surface area contributed by atoms with Crippen LogP contribution in [0, 0.1) is 39.4 Å². The van der Waals surface area contributed by atoms with Crippen LogP contribution < -0.4 is 15.4 Å². The third kappa shape index (κ3) is 8.21. The molecule has 12 heteroatoms. The summed E-state index contributed by atoms with van der Waals surface area (Å²) in [5.74, 6) is 1.44. The van der Waals surface area contributed by atoms with Gasteiger partial charge in [0, 0.05) is 42.9 Å². The summed E-state index contributed by atoms with van der Waals surface area (Å²) in [7, 11) is 2.09. The number of piperidine rings is 1. The van der Waals surface area contributed by atoms with Gasteiger partial charge < -0.3 is 24.2 Å². The minimum atomic E-state index is -0.693. The van der Waals surface area contributed by atoms with Crippen molar-refractivity contribution in [3.8, 4) is 28.3 Å². The second-order valence-electron chi connectivity index (χ2n) is 12.5. The van der Waals surface area contributed by atoms with Crippen LogP contribution in [0.25, 0.3) is 22.5 Å². The molecule has 1 saturated heterocycles. The van der Waals surface area contributed by atoms with Gasteiger partial charge in [0.15, 0.2) is 11.6 Å². The Labute approximate surface area is 284 Å². The van der Waals surface area contributed by atoms with E-state index in [1.165, 1.54) is 29.5 Å². The van der Waals surface area contributed by atoms with Crippen molar-refractivity contribution < 1.29 is 23.2 Å². The molecular formula is C37H40FN7O4. The van der Waals surface area contributed by atoms with Gasteiger partial charge in [0.05, 0.1) is 6.61 Å². The average Bonchev–Trinajstić information content (AvgIpc) is 3.52. The Kier molecular flexibility index (Phi) is 10.1. The van der Waals surface area contributed by atoms with Crippen LogP contribution in [-0.4, -0.2) is 57.8 Å². The van der Waals surface area contributed by atoms with E-state index >= 15 is 0 Å². The van der Waals surface area contributed by atoms with Crippen molar-refractivity contribution >= 4 is 23.5 Å². The van der Waals surface area contributed by atoms with Gasteiger partial charge in [0.2, 0.25) is 17.7 Å². The maximum Gasteiger partial charge on any atom is 0.413 e. The highest BCUT2D eigenvalue weighted by Crippen LogP contribution is 2.34. The molecule has 0 aliphatic carbocycles. The van der Waals surface area contributed by atoms with E-state index in [1.54, 1.807) is 19.1 Å². The van der Waals surface area contributed by atoms with E-state index in [9.17, 15) is 9.18 Å². The number of carbonyl (C=O) groups excluding carboxylic acids is 1. The first-order valence-corrected chi connectivity index (χ1v) is 16.3.